The van der Waals surface area contributed by atoms with Gasteiger partial charge in [0, 0.05) is 47.6 Å². The molecule has 1 N–H and O–H groups in total. The van der Waals surface area contributed by atoms with E-state index in [-0.39, 0.29) is 11.1 Å². The molecular formula is C24H30ClN5OS. The molecule has 2 aromatic heterocycles. The standard InChI is InChI=1S/C24H30ClN5OS/c1-23(2)12-17(13-24(3,4)29-23)30(5)22-28-27-21(32-22)18-9-7-15(11-19(18)25)16-8-10-20(31-6)26-14-16/h7-11,14,17,29H,12-13H2,1-6H3. The van der Waals surface area contributed by atoms with E-state index < -0.39 is 0 Å². The Morgan fingerprint density at radius 2 is 1.75 bits per heavy atom. The highest BCUT2D eigenvalue weighted by molar-refractivity contribution is 7.18. The molecule has 1 aromatic carbocycles. The van der Waals surface area contributed by atoms with E-state index in [1.165, 1.54) is 0 Å². The number of benzene rings is 1. The fraction of sp³-hybridized carbons (Fsp3) is 0.458. The molecule has 3 aromatic rings. The van der Waals surface area contributed by atoms with E-state index >= 15 is 0 Å². The zero-order valence-electron chi connectivity index (χ0n) is 19.4. The predicted molar refractivity (Wildman–Crippen MR) is 133 cm³/mol. The minimum atomic E-state index is 0.0731. The third-order valence-corrected chi connectivity index (χ3v) is 7.27. The zero-order chi connectivity index (χ0) is 23.1. The molecule has 0 amide bonds. The number of hydrogen-bond acceptors (Lipinski definition) is 7. The molecule has 4 rings (SSSR count). The summed E-state index contributed by atoms with van der Waals surface area (Å²) in [4.78, 5) is 6.55. The van der Waals surface area contributed by atoms with Crippen LogP contribution in [0, 0.1) is 0 Å². The van der Waals surface area contributed by atoms with Gasteiger partial charge in [0.05, 0.1) is 12.1 Å². The number of pyridine rings is 1. The van der Waals surface area contributed by atoms with Gasteiger partial charge < -0.3 is 15.0 Å². The summed E-state index contributed by atoms with van der Waals surface area (Å²) < 4.78 is 5.14. The summed E-state index contributed by atoms with van der Waals surface area (Å²) in [6.07, 6.45) is 3.88. The smallest absolute Gasteiger partial charge is 0.212 e. The van der Waals surface area contributed by atoms with Gasteiger partial charge in [-0.05, 0) is 64.3 Å². The number of nitrogens with zero attached hydrogens (tertiary/aromatic N) is 4. The Kier molecular flexibility index (Phi) is 6.18. The first kappa shape index (κ1) is 23.0. The molecule has 32 heavy (non-hydrogen) atoms. The normalized spacial score (nSPS) is 17.8. The van der Waals surface area contributed by atoms with Gasteiger partial charge in [-0.3, -0.25) is 0 Å². The highest BCUT2D eigenvalue weighted by Gasteiger charge is 2.39. The molecule has 0 bridgehead atoms. The maximum absolute atomic E-state index is 6.66. The molecule has 0 spiro atoms. The monoisotopic (exact) mass is 471 g/mol. The second-order valence-corrected chi connectivity index (χ2v) is 11.1. The van der Waals surface area contributed by atoms with Crippen LogP contribution in [0.4, 0.5) is 5.13 Å². The summed E-state index contributed by atoms with van der Waals surface area (Å²) in [6, 6.07) is 10.2. The maximum Gasteiger partial charge on any atom is 0.212 e. The second-order valence-electron chi connectivity index (χ2n) is 9.74. The molecule has 6 nitrogen and oxygen atoms in total. The van der Waals surface area contributed by atoms with Crippen molar-refractivity contribution in [3.8, 4) is 27.6 Å². The predicted octanol–water partition coefficient (Wildman–Crippen LogP) is 5.67. The van der Waals surface area contributed by atoms with Crippen LogP contribution in [0.25, 0.3) is 21.7 Å². The lowest BCUT2D eigenvalue weighted by Crippen LogP contribution is -2.61. The van der Waals surface area contributed by atoms with Crippen molar-refractivity contribution < 1.29 is 4.74 Å². The first-order valence-electron chi connectivity index (χ1n) is 10.7. The number of anilines is 1. The van der Waals surface area contributed by atoms with E-state index in [1.54, 1.807) is 24.6 Å². The average Bonchev–Trinajstić information content (AvgIpc) is 3.21. The van der Waals surface area contributed by atoms with Gasteiger partial charge in [-0.15, -0.1) is 10.2 Å². The van der Waals surface area contributed by atoms with Crippen LogP contribution >= 0.6 is 22.9 Å². The summed E-state index contributed by atoms with van der Waals surface area (Å²) in [5.74, 6) is 0.586. The van der Waals surface area contributed by atoms with Crippen LogP contribution < -0.4 is 15.0 Å². The lowest BCUT2D eigenvalue weighted by Gasteiger charge is -2.48. The Balaban J connectivity index is 1.55. The van der Waals surface area contributed by atoms with E-state index in [1.807, 2.05) is 30.3 Å². The number of ether oxygens (including phenoxy) is 1. The lowest BCUT2D eigenvalue weighted by molar-refractivity contribution is 0.161. The third-order valence-electron chi connectivity index (χ3n) is 5.91. The Morgan fingerprint density at radius 3 is 2.34 bits per heavy atom. The fourth-order valence-electron chi connectivity index (χ4n) is 4.71. The van der Waals surface area contributed by atoms with Crippen molar-refractivity contribution in [1.29, 1.82) is 0 Å². The fourth-order valence-corrected chi connectivity index (χ4v) is 5.95. The number of nitrogens with one attached hydrogen (secondary N) is 1. The molecule has 1 aliphatic heterocycles. The lowest BCUT2D eigenvalue weighted by atomic mass is 9.79. The van der Waals surface area contributed by atoms with Crippen molar-refractivity contribution in [3.05, 3.63) is 41.6 Å². The second kappa shape index (κ2) is 8.61. The van der Waals surface area contributed by atoms with E-state index in [2.05, 4.69) is 60.1 Å². The van der Waals surface area contributed by atoms with Gasteiger partial charge in [0.1, 0.15) is 0 Å². The number of hydrogen-bond donors (Lipinski definition) is 1. The minimum Gasteiger partial charge on any atom is -0.481 e. The Hall–Kier alpha value is -2.22. The van der Waals surface area contributed by atoms with Crippen molar-refractivity contribution in [1.82, 2.24) is 20.5 Å². The Labute approximate surface area is 199 Å². The van der Waals surface area contributed by atoms with Gasteiger partial charge in [0.15, 0.2) is 5.01 Å². The molecule has 1 saturated heterocycles. The molecule has 0 aliphatic carbocycles. The van der Waals surface area contributed by atoms with Gasteiger partial charge in [0.2, 0.25) is 11.0 Å². The van der Waals surface area contributed by atoms with E-state index in [0.717, 1.165) is 39.7 Å². The van der Waals surface area contributed by atoms with Crippen LogP contribution in [0.3, 0.4) is 0 Å². The SMILES string of the molecule is COc1ccc(-c2ccc(-c3nnc(N(C)C4CC(C)(C)NC(C)(C)C4)s3)c(Cl)c2)cn1. The molecule has 0 saturated carbocycles. The summed E-state index contributed by atoms with van der Waals surface area (Å²) in [5.41, 5.74) is 3.01. The summed E-state index contributed by atoms with van der Waals surface area (Å²) in [5, 5.41) is 15.1. The van der Waals surface area contributed by atoms with Crippen LogP contribution in [-0.2, 0) is 0 Å². The summed E-state index contributed by atoms with van der Waals surface area (Å²) in [7, 11) is 3.72. The largest absolute Gasteiger partial charge is 0.481 e. The molecule has 0 atom stereocenters. The van der Waals surface area contributed by atoms with Crippen molar-refractivity contribution in [2.75, 3.05) is 19.1 Å². The first-order chi connectivity index (χ1) is 15.1. The van der Waals surface area contributed by atoms with Gasteiger partial charge in [0.25, 0.3) is 0 Å². The highest BCUT2D eigenvalue weighted by atomic mass is 35.5. The summed E-state index contributed by atoms with van der Waals surface area (Å²) in [6.45, 7) is 9.06. The first-order valence-corrected chi connectivity index (χ1v) is 11.9. The minimum absolute atomic E-state index is 0.0731. The van der Waals surface area contributed by atoms with Gasteiger partial charge in [-0.25, -0.2) is 4.98 Å². The van der Waals surface area contributed by atoms with Crippen molar-refractivity contribution in [2.45, 2.75) is 57.7 Å². The maximum atomic E-state index is 6.66. The number of piperidine rings is 1. The van der Waals surface area contributed by atoms with Crippen LogP contribution in [-0.4, -0.2) is 46.5 Å². The molecule has 8 heteroatoms. The van der Waals surface area contributed by atoms with Gasteiger partial charge in [-0.2, -0.15) is 0 Å². The van der Waals surface area contributed by atoms with Crippen molar-refractivity contribution in [3.63, 3.8) is 0 Å². The van der Waals surface area contributed by atoms with Gasteiger partial charge in [-0.1, -0.05) is 29.0 Å². The molecule has 0 radical (unpaired) electrons. The zero-order valence-corrected chi connectivity index (χ0v) is 21.0. The van der Waals surface area contributed by atoms with Crippen LogP contribution in [0.1, 0.15) is 40.5 Å². The number of methoxy groups -OCH3 is 1. The quantitative estimate of drug-likeness (QED) is 0.516. The number of halogens is 1. The number of aromatic nitrogens is 3. The van der Waals surface area contributed by atoms with Crippen molar-refractivity contribution >= 4 is 28.1 Å². The summed E-state index contributed by atoms with van der Waals surface area (Å²) >= 11 is 8.24. The Bertz CT molecular complexity index is 1080. The molecule has 0 unspecified atom stereocenters. The molecule has 1 aliphatic rings. The highest BCUT2D eigenvalue weighted by Crippen LogP contribution is 2.38. The molecule has 3 heterocycles. The van der Waals surface area contributed by atoms with E-state index in [4.69, 9.17) is 16.3 Å². The van der Waals surface area contributed by atoms with E-state index in [9.17, 15) is 0 Å². The third kappa shape index (κ3) is 4.90. The average molecular weight is 472 g/mol. The van der Waals surface area contributed by atoms with Crippen molar-refractivity contribution in [2.24, 2.45) is 0 Å². The molecule has 170 valence electrons. The molecular weight excluding hydrogens is 442 g/mol. The van der Waals surface area contributed by atoms with Crippen LogP contribution in [0.5, 0.6) is 5.88 Å². The topological polar surface area (TPSA) is 63.2 Å². The molecule has 1 fully saturated rings. The van der Waals surface area contributed by atoms with E-state index in [0.29, 0.717) is 16.9 Å². The van der Waals surface area contributed by atoms with Gasteiger partial charge >= 0.3 is 0 Å². The Morgan fingerprint density at radius 1 is 1.06 bits per heavy atom. The van der Waals surface area contributed by atoms with Crippen LogP contribution in [0.15, 0.2) is 36.5 Å². The number of rotatable bonds is 5. The van der Waals surface area contributed by atoms with Crippen LogP contribution in [0.2, 0.25) is 5.02 Å².